The van der Waals surface area contributed by atoms with Crippen LogP contribution in [-0.2, 0) is 16.1 Å². The molecular weight excluding hydrogens is 214 g/mol. The highest BCUT2D eigenvalue weighted by atomic mass is 32.2. The molecule has 0 saturated carbocycles. The summed E-state index contributed by atoms with van der Waals surface area (Å²) in [6.07, 6.45) is 2.44. The Hall–Kier alpha value is -1.04. The Balaban J connectivity index is 2.06. The van der Waals surface area contributed by atoms with Crippen molar-refractivity contribution in [2.24, 2.45) is 0 Å². The molecule has 0 bridgehead atoms. The van der Waals surface area contributed by atoms with Crippen LogP contribution < -0.4 is 0 Å². The van der Waals surface area contributed by atoms with Crippen LogP contribution >= 0.6 is 11.8 Å². The predicted octanol–water partition coefficient (Wildman–Crippen LogP) is 1.09. The minimum absolute atomic E-state index is 0.0213. The van der Waals surface area contributed by atoms with Crippen LogP contribution in [0.2, 0.25) is 0 Å². The third-order valence-corrected chi connectivity index (χ3v) is 3.49. The quantitative estimate of drug-likeness (QED) is 0.724. The molecule has 0 unspecified atom stereocenters. The zero-order valence-electron chi connectivity index (χ0n) is 8.71. The Morgan fingerprint density at radius 3 is 3.13 bits per heavy atom. The number of nitrogens with zero attached hydrogens (tertiary/aromatic N) is 3. The number of carbonyl (C=O) groups is 1. The SMILES string of the molecule is CCn1cnnc1S[C@H]1C[C@@H](C)OC1=O. The number of aryl methyl sites for hydroxylation is 1. The second-order valence-electron chi connectivity index (χ2n) is 3.49. The van der Waals surface area contributed by atoms with Crippen LogP contribution in [0.5, 0.6) is 0 Å². The molecule has 1 aromatic heterocycles. The van der Waals surface area contributed by atoms with E-state index < -0.39 is 0 Å². The molecule has 2 atom stereocenters. The highest BCUT2D eigenvalue weighted by molar-refractivity contribution is 8.00. The lowest BCUT2D eigenvalue weighted by Crippen LogP contribution is -2.11. The molecule has 0 spiro atoms. The van der Waals surface area contributed by atoms with E-state index in [1.807, 2.05) is 18.4 Å². The molecule has 0 radical (unpaired) electrons. The molecule has 0 aromatic carbocycles. The summed E-state index contributed by atoms with van der Waals surface area (Å²) in [5.74, 6) is -0.141. The first-order valence-corrected chi connectivity index (χ1v) is 5.83. The van der Waals surface area contributed by atoms with Crippen molar-refractivity contribution in [1.82, 2.24) is 14.8 Å². The lowest BCUT2D eigenvalue weighted by atomic mass is 10.3. The summed E-state index contributed by atoms with van der Waals surface area (Å²) in [6, 6.07) is 0. The average molecular weight is 227 g/mol. The number of rotatable bonds is 3. The van der Waals surface area contributed by atoms with E-state index in [2.05, 4.69) is 10.2 Å². The molecule has 2 heterocycles. The first kappa shape index (κ1) is 10.5. The summed E-state index contributed by atoms with van der Waals surface area (Å²) in [7, 11) is 0. The van der Waals surface area contributed by atoms with Gasteiger partial charge < -0.3 is 9.30 Å². The lowest BCUT2D eigenvalue weighted by molar-refractivity contribution is -0.140. The van der Waals surface area contributed by atoms with Gasteiger partial charge in [0.25, 0.3) is 0 Å². The van der Waals surface area contributed by atoms with Gasteiger partial charge in [0.1, 0.15) is 17.7 Å². The molecule has 1 aliphatic heterocycles. The minimum atomic E-state index is -0.141. The average Bonchev–Trinajstić information content (AvgIpc) is 2.74. The van der Waals surface area contributed by atoms with Gasteiger partial charge in [0.2, 0.25) is 0 Å². The van der Waals surface area contributed by atoms with Crippen LogP contribution in [0, 0.1) is 0 Å². The van der Waals surface area contributed by atoms with Crippen LogP contribution in [0.4, 0.5) is 0 Å². The molecule has 0 N–H and O–H groups in total. The van der Waals surface area contributed by atoms with Gasteiger partial charge >= 0.3 is 5.97 Å². The number of thioether (sulfide) groups is 1. The third-order valence-electron chi connectivity index (χ3n) is 2.29. The van der Waals surface area contributed by atoms with Crippen molar-refractivity contribution in [3.63, 3.8) is 0 Å². The Kier molecular flexibility index (Phi) is 2.95. The molecule has 15 heavy (non-hydrogen) atoms. The largest absolute Gasteiger partial charge is 0.462 e. The fraction of sp³-hybridized carbons (Fsp3) is 0.667. The number of carbonyl (C=O) groups excluding carboxylic acids is 1. The maximum absolute atomic E-state index is 11.4. The lowest BCUT2D eigenvalue weighted by Gasteiger charge is -2.05. The van der Waals surface area contributed by atoms with E-state index in [0.29, 0.717) is 0 Å². The maximum atomic E-state index is 11.4. The van der Waals surface area contributed by atoms with E-state index in [1.165, 1.54) is 11.8 Å². The highest BCUT2D eigenvalue weighted by Crippen LogP contribution is 2.30. The summed E-state index contributed by atoms with van der Waals surface area (Å²) < 4.78 is 7.00. The molecule has 0 amide bonds. The number of ether oxygens (including phenoxy) is 1. The summed E-state index contributed by atoms with van der Waals surface area (Å²) in [6.45, 7) is 4.73. The fourth-order valence-electron chi connectivity index (χ4n) is 1.50. The van der Waals surface area contributed by atoms with E-state index in [4.69, 9.17) is 4.74 Å². The van der Waals surface area contributed by atoms with E-state index >= 15 is 0 Å². The van der Waals surface area contributed by atoms with Crippen molar-refractivity contribution in [2.75, 3.05) is 0 Å². The molecule has 82 valence electrons. The van der Waals surface area contributed by atoms with Crippen LogP contribution in [0.25, 0.3) is 0 Å². The topological polar surface area (TPSA) is 57.0 Å². The van der Waals surface area contributed by atoms with Gasteiger partial charge in [-0.1, -0.05) is 11.8 Å². The van der Waals surface area contributed by atoms with Crippen molar-refractivity contribution < 1.29 is 9.53 Å². The molecule has 2 rings (SSSR count). The molecule has 0 aliphatic carbocycles. The molecule has 1 saturated heterocycles. The van der Waals surface area contributed by atoms with Crippen LogP contribution in [-0.4, -0.2) is 32.1 Å². The fourth-order valence-corrected chi connectivity index (χ4v) is 2.68. The van der Waals surface area contributed by atoms with E-state index in [9.17, 15) is 4.79 Å². The van der Waals surface area contributed by atoms with Gasteiger partial charge in [0, 0.05) is 13.0 Å². The van der Waals surface area contributed by atoms with Crippen LogP contribution in [0.15, 0.2) is 11.5 Å². The number of hydrogen-bond acceptors (Lipinski definition) is 5. The van der Waals surface area contributed by atoms with Gasteiger partial charge in [-0.15, -0.1) is 10.2 Å². The van der Waals surface area contributed by atoms with Gasteiger partial charge in [-0.25, -0.2) is 0 Å². The third kappa shape index (κ3) is 2.14. The first-order valence-electron chi connectivity index (χ1n) is 4.95. The Bertz CT molecular complexity index is 366. The normalized spacial score (nSPS) is 25.6. The first-order chi connectivity index (χ1) is 7.20. The van der Waals surface area contributed by atoms with Gasteiger partial charge in [-0.2, -0.15) is 0 Å². The van der Waals surface area contributed by atoms with Gasteiger partial charge in [-0.05, 0) is 13.8 Å². The van der Waals surface area contributed by atoms with E-state index in [1.54, 1.807) is 6.33 Å². The van der Waals surface area contributed by atoms with Crippen molar-refractivity contribution in [3.8, 4) is 0 Å². The summed E-state index contributed by atoms with van der Waals surface area (Å²) in [5.41, 5.74) is 0. The summed E-state index contributed by atoms with van der Waals surface area (Å²) in [5, 5.41) is 8.45. The molecule has 1 aliphatic rings. The van der Waals surface area contributed by atoms with Crippen molar-refractivity contribution in [3.05, 3.63) is 6.33 Å². The van der Waals surface area contributed by atoms with Crippen LogP contribution in [0.3, 0.4) is 0 Å². The van der Waals surface area contributed by atoms with Crippen molar-refractivity contribution in [2.45, 2.75) is 43.3 Å². The summed E-state index contributed by atoms with van der Waals surface area (Å²) in [4.78, 5) is 11.4. The number of esters is 1. The highest BCUT2D eigenvalue weighted by Gasteiger charge is 2.33. The zero-order valence-corrected chi connectivity index (χ0v) is 9.53. The second kappa shape index (κ2) is 4.22. The van der Waals surface area contributed by atoms with E-state index in [0.717, 1.165) is 18.1 Å². The van der Waals surface area contributed by atoms with Gasteiger partial charge in [-0.3, -0.25) is 4.79 Å². The smallest absolute Gasteiger partial charge is 0.319 e. The Morgan fingerprint density at radius 1 is 1.73 bits per heavy atom. The van der Waals surface area contributed by atoms with Crippen LogP contribution in [0.1, 0.15) is 20.3 Å². The van der Waals surface area contributed by atoms with Gasteiger partial charge in [0.15, 0.2) is 5.16 Å². The molecule has 6 heteroatoms. The van der Waals surface area contributed by atoms with Crippen molar-refractivity contribution in [1.29, 1.82) is 0 Å². The minimum Gasteiger partial charge on any atom is -0.462 e. The molecular formula is C9H13N3O2S. The molecule has 1 fully saturated rings. The standard InChI is InChI=1S/C9H13N3O2S/c1-3-12-5-10-11-9(12)15-7-4-6(2)14-8(7)13/h5-7H,3-4H2,1-2H3/t6-,7+/m1/s1. The van der Waals surface area contributed by atoms with Crippen molar-refractivity contribution >= 4 is 17.7 Å². The predicted molar refractivity (Wildman–Crippen MR) is 55.5 cm³/mol. The monoisotopic (exact) mass is 227 g/mol. The van der Waals surface area contributed by atoms with Gasteiger partial charge in [0.05, 0.1) is 0 Å². The number of aromatic nitrogens is 3. The zero-order chi connectivity index (χ0) is 10.8. The molecule has 1 aromatic rings. The summed E-state index contributed by atoms with van der Waals surface area (Å²) >= 11 is 1.44. The maximum Gasteiger partial charge on any atom is 0.319 e. The Labute approximate surface area is 92.2 Å². The van der Waals surface area contributed by atoms with E-state index in [-0.39, 0.29) is 17.3 Å². The number of hydrogen-bond donors (Lipinski definition) is 0. The second-order valence-corrected chi connectivity index (χ2v) is 4.66. The number of cyclic esters (lactones) is 1. The molecule has 5 nitrogen and oxygen atoms in total. The Morgan fingerprint density at radius 2 is 2.53 bits per heavy atom.